The normalized spacial score (nSPS) is 10.8. The molecule has 0 aliphatic carbocycles. The lowest BCUT2D eigenvalue weighted by molar-refractivity contribution is 0.357. The summed E-state index contributed by atoms with van der Waals surface area (Å²) in [7, 11) is 0. The average Bonchev–Trinajstić information content (AvgIpc) is 2.11. The van der Waals surface area contributed by atoms with Crippen LogP contribution in [0.4, 0.5) is 8.78 Å². The summed E-state index contributed by atoms with van der Waals surface area (Å²) in [5.41, 5.74) is 5.19. The van der Waals surface area contributed by atoms with Crippen LogP contribution in [0.25, 0.3) is 0 Å². The van der Waals surface area contributed by atoms with Gasteiger partial charge < -0.3 is 10.5 Å². The Bertz CT molecular complexity index is 306. The summed E-state index contributed by atoms with van der Waals surface area (Å²) in [5, 5.41) is 0. The lowest BCUT2D eigenvalue weighted by atomic mass is 10.3. The summed E-state index contributed by atoms with van der Waals surface area (Å²) in [6.45, 7) is 0.668. The van der Waals surface area contributed by atoms with Gasteiger partial charge in [-0.2, -0.15) is 0 Å². The van der Waals surface area contributed by atoms with Gasteiger partial charge in [-0.1, -0.05) is 12.2 Å². The van der Waals surface area contributed by atoms with Crippen molar-refractivity contribution in [3.8, 4) is 5.75 Å². The maximum atomic E-state index is 12.6. The molecule has 0 radical (unpaired) electrons. The zero-order chi connectivity index (χ0) is 10.4. The Balaban J connectivity index is 2.54. The molecule has 14 heavy (non-hydrogen) atoms. The fourth-order valence-electron chi connectivity index (χ4n) is 0.920. The Morgan fingerprint density at radius 3 is 2.36 bits per heavy atom. The van der Waals surface area contributed by atoms with Crippen LogP contribution >= 0.6 is 0 Å². The van der Waals surface area contributed by atoms with Gasteiger partial charge in [-0.25, -0.2) is 8.78 Å². The lowest BCUT2D eigenvalue weighted by Crippen LogP contribution is -1.97. The van der Waals surface area contributed by atoms with Crippen molar-refractivity contribution >= 4 is 0 Å². The van der Waals surface area contributed by atoms with E-state index in [1.54, 1.807) is 12.2 Å². The largest absolute Gasteiger partial charge is 0.489 e. The SMILES string of the molecule is NCC=CCOc1cc(F)cc(F)c1. The maximum Gasteiger partial charge on any atom is 0.129 e. The van der Waals surface area contributed by atoms with Crippen molar-refractivity contribution in [2.24, 2.45) is 5.73 Å². The molecule has 1 rings (SSSR count). The molecule has 1 aromatic carbocycles. The smallest absolute Gasteiger partial charge is 0.129 e. The van der Waals surface area contributed by atoms with E-state index in [-0.39, 0.29) is 12.4 Å². The molecule has 2 N–H and O–H groups in total. The number of rotatable bonds is 4. The molecule has 2 nitrogen and oxygen atoms in total. The molecule has 0 atom stereocenters. The standard InChI is InChI=1S/C10H11F2NO/c11-8-5-9(12)7-10(6-8)14-4-2-1-3-13/h1-2,5-7H,3-4,13H2. The van der Waals surface area contributed by atoms with Crippen LogP contribution in [0, 0.1) is 11.6 Å². The fraction of sp³-hybridized carbons (Fsp3) is 0.200. The van der Waals surface area contributed by atoms with Gasteiger partial charge in [0.2, 0.25) is 0 Å². The molecule has 0 aliphatic heterocycles. The number of hydrogen-bond acceptors (Lipinski definition) is 2. The third-order valence-corrected chi connectivity index (χ3v) is 1.49. The predicted octanol–water partition coefficient (Wildman–Crippen LogP) is 1.86. The fourth-order valence-corrected chi connectivity index (χ4v) is 0.920. The predicted molar refractivity (Wildman–Crippen MR) is 50.0 cm³/mol. The number of ether oxygens (including phenoxy) is 1. The van der Waals surface area contributed by atoms with E-state index in [0.29, 0.717) is 6.54 Å². The van der Waals surface area contributed by atoms with Crippen LogP contribution < -0.4 is 10.5 Å². The van der Waals surface area contributed by atoms with Gasteiger partial charge >= 0.3 is 0 Å². The molecule has 0 amide bonds. The van der Waals surface area contributed by atoms with E-state index < -0.39 is 11.6 Å². The minimum atomic E-state index is -0.650. The Morgan fingerprint density at radius 1 is 1.14 bits per heavy atom. The first-order chi connectivity index (χ1) is 6.72. The highest BCUT2D eigenvalue weighted by Crippen LogP contribution is 2.14. The number of halogens is 2. The molecule has 0 heterocycles. The van der Waals surface area contributed by atoms with E-state index in [0.717, 1.165) is 18.2 Å². The molecule has 1 aromatic rings. The van der Waals surface area contributed by atoms with Crippen LogP contribution in [0.1, 0.15) is 0 Å². The molecule has 0 aliphatic rings. The van der Waals surface area contributed by atoms with E-state index >= 15 is 0 Å². The Hall–Kier alpha value is -1.42. The zero-order valence-electron chi connectivity index (χ0n) is 7.54. The Morgan fingerprint density at radius 2 is 1.79 bits per heavy atom. The highest BCUT2D eigenvalue weighted by molar-refractivity contribution is 5.23. The van der Waals surface area contributed by atoms with E-state index in [9.17, 15) is 8.78 Å². The second-order valence-electron chi connectivity index (χ2n) is 2.62. The summed E-state index contributed by atoms with van der Waals surface area (Å²) in [5.74, 6) is -1.13. The van der Waals surface area contributed by atoms with Crippen LogP contribution in [0.15, 0.2) is 30.4 Å². The Kier molecular flexibility index (Phi) is 4.07. The van der Waals surface area contributed by atoms with E-state index in [1.807, 2.05) is 0 Å². The molecule has 0 saturated carbocycles. The summed E-state index contributed by atoms with van der Waals surface area (Å²) in [6.07, 6.45) is 3.39. The number of hydrogen-bond donors (Lipinski definition) is 1. The number of nitrogens with two attached hydrogens (primary N) is 1. The molecular formula is C10H11F2NO. The van der Waals surface area contributed by atoms with Crippen molar-refractivity contribution in [2.45, 2.75) is 0 Å². The maximum absolute atomic E-state index is 12.6. The summed E-state index contributed by atoms with van der Waals surface area (Å²) < 4.78 is 30.3. The molecule has 0 fully saturated rings. The topological polar surface area (TPSA) is 35.2 Å². The summed E-state index contributed by atoms with van der Waals surface area (Å²) >= 11 is 0. The third-order valence-electron chi connectivity index (χ3n) is 1.49. The minimum absolute atomic E-state index is 0.171. The van der Waals surface area contributed by atoms with Gasteiger partial charge in [-0.05, 0) is 0 Å². The van der Waals surface area contributed by atoms with Crippen LogP contribution in [-0.4, -0.2) is 13.2 Å². The van der Waals surface area contributed by atoms with Crippen LogP contribution in [0.5, 0.6) is 5.75 Å². The molecule has 0 saturated heterocycles. The number of benzene rings is 1. The van der Waals surface area contributed by atoms with Crippen LogP contribution in [-0.2, 0) is 0 Å². The van der Waals surface area contributed by atoms with Gasteiger partial charge in [-0.3, -0.25) is 0 Å². The molecule has 0 spiro atoms. The van der Waals surface area contributed by atoms with Gasteiger partial charge in [0.15, 0.2) is 0 Å². The average molecular weight is 199 g/mol. The highest BCUT2D eigenvalue weighted by atomic mass is 19.1. The summed E-state index contributed by atoms with van der Waals surface area (Å²) in [4.78, 5) is 0. The first-order valence-electron chi connectivity index (χ1n) is 4.16. The third kappa shape index (κ3) is 3.53. The van der Waals surface area contributed by atoms with Crippen molar-refractivity contribution in [2.75, 3.05) is 13.2 Å². The first-order valence-corrected chi connectivity index (χ1v) is 4.16. The van der Waals surface area contributed by atoms with Gasteiger partial charge in [0.25, 0.3) is 0 Å². The molecule has 4 heteroatoms. The summed E-state index contributed by atoms with van der Waals surface area (Å²) in [6, 6.07) is 3.04. The van der Waals surface area contributed by atoms with Gasteiger partial charge in [0, 0.05) is 24.7 Å². The monoisotopic (exact) mass is 199 g/mol. The molecular weight excluding hydrogens is 188 g/mol. The Labute approximate surface area is 81.0 Å². The van der Waals surface area contributed by atoms with Crippen LogP contribution in [0.2, 0.25) is 0 Å². The van der Waals surface area contributed by atoms with Crippen molar-refractivity contribution < 1.29 is 13.5 Å². The van der Waals surface area contributed by atoms with E-state index in [1.165, 1.54) is 0 Å². The van der Waals surface area contributed by atoms with Crippen molar-refractivity contribution in [1.82, 2.24) is 0 Å². The highest BCUT2D eigenvalue weighted by Gasteiger charge is 1.99. The quantitative estimate of drug-likeness (QED) is 0.751. The first kappa shape index (κ1) is 10.7. The van der Waals surface area contributed by atoms with Crippen LogP contribution in [0.3, 0.4) is 0 Å². The molecule has 0 bridgehead atoms. The van der Waals surface area contributed by atoms with Gasteiger partial charge in [-0.15, -0.1) is 0 Å². The second-order valence-corrected chi connectivity index (χ2v) is 2.62. The zero-order valence-corrected chi connectivity index (χ0v) is 7.54. The van der Waals surface area contributed by atoms with Crippen molar-refractivity contribution in [1.29, 1.82) is 0 Å². The lowest BCUT2D eigenvalue weighted by Gasteiger charge is -2.02. The van der Waals surface area contributed by atoms with Crippen molar-refractivity contribution in [3.63, 3.8) is 0 Å². The molecule has 76 valence electrons. The van der Waals surface area contributed by atoms with Crippen molar-refractivity contribution in [3.05, 3.63) is 42.0 Å². The minimum Gasteiger partial charge on any atom is -0.489 e. The van der Waals surface area contributed by atoms with E-state index in [2.05, 4.69) is 0 Å². The van der Waals surface area contributed by atoms with E-state index in [4.69, 9.17) is 10.5 Å². The molecule has 0 unspecified atom stereocenters. The second kappa shape index (κ2) is 5.34. The van der Waals surface area contributed by atoms with Gasteiger partial charge in [0.1, 0.15) is 24.0 Å². The van der Waals surface area contributed by atoms with Gasteiger partial charge in [0.05, 0.1) is 0 Å². The molecule has 0 aromatic heterocycles.